The Balaban J connectivity index is 1.90. The minimum atomic E-state index is -0.317. The summed E-state index contributed by atoms with van der Waals surface area (Å²) in [5.74, 6) is 2.50. The van der Waals surface area contributed by atoms with Crippen LogP contribution in [0.25, 0.3) is 0 Å². The van der Waals surface area contributed by atoms with Gasteiger partial charge >= 0.3 is 0 Å². The van der Waals surface area contributed by atoms with E-state index in [1.165, 1.54) is 5.56 Å². The van der Waals surface area contributed by atoms with Crippen molar-refractivity contribution in [1.29, 1.82) is 0 Å². The first-order valence-corrected chi connectivity index (χ1v) is 11.0. The number of aliphatic imine (C=N–C) groups is 1. The molecular weight excluding hydrogens is 380 g/mol. The molecule has 0 aromatic heterocycles. The molecule has 2 rings (SSSR count). The number of carbonyl (C=O) groups excluding carboxylic acids is 1. The number of hydrogen-bond acceptors (Lipinski definition) is 4. The number of amides is 1. The topological polar surface area (TPSA) is 75.2 Å². The first-order chi connectivity index (χ1) is 14.5. The molecule has 1 aliphatic carbocycles. The Morgan fingerprint density at radius 3 is 2.37 bits per heavy atom. The highest BCUT2D eigenvalue weighted by atomic mass is 16.5. The molecule has 1 aromatic carbocycles. The van der Waals surface area contributed by atoms with Crippen molar-refractivity contribution >= 4 is 11.9 Å². The maximum atomic E-state index is 12.7. The van der Waals surface area contributed by atoms with Gasteiger partial charge in [-0.15, -0.1) is 0 Å². The Kier molecular flexibility index (Phi) is 9.27. The van der Waals surface area contributed by atoms with E-state index >= 15 is 0 Å². The van der Waals surface area contributed by atoms with Gasteiger partial charge in [-0.05, 0) is 50.8 Å². The fourth-order valence-corrected chi connectivity index (χ4v) is 4.04. The molecule has 0 bridgehead atoms. The molecule has 0 atom stereocenters. The lowest BCUT2D eigenvalue weighted by molar-refractivity contribution is -0.138. The van der Waals surface area contributed by atoms with Gasteiger partial charge in [-0.1, -0.05) is 18.9 Å². The molecule has 7 heteroatoms. The van der Waals surface area contributed by atoms with Gasteiger partial charge in [0.25, 0.3) is 0 Å². The summed E-state index contributed by atoms with van der Waals surface area (Å²) in [5.41, 5.74) is 0.850. The zero-order valence-corrected chi connectivity index (χ0v) is 19.2. The van der Waals surface area contributed by atoms with Crippen LogP contribution in [-0.2, 0) is 11.2 Å². The number of guanidine groups is 1. The smallest absolute Gasteiger partial charge is 0.230 e. The van der Waals surface area contributed by atoms with Crippen LogP contribution in [0.4, 0.5) is 0 Å². The van der Waals surface area contributed by atoms with E-state index in [2.05, 4.69) is 21.7 Å². The molecule has 30 heavy (non-hydrogen) atoms. The van der Waals surface area contributed by atoms with Crippen LogP contribution in [0.3, 0.4) is 0 Å². The van der Waals surface area contributed by atoms with E-state index < -0.39 is 0 Å². The monoisotopic (exact) mass is 418 g/mol. The Labute approximate surface area is 181 Å². The summed E-state index contributed by atoms with van der Waals surface area (Å²) in [6, 6.07) is 6.07. The Bertz CT molecular complexity index is 712. The zero-order valence-electron chi connectivity index (χ0n) is 19.2. The number of benzene rings is 1. The van der Waals surface area contributed by atoms with E-state index in [4.69, 9.17) is 9.47 Å². The molecule has 168 valence electrons. The molecule has 0 unspecified atom stereocenters. The number of ether oxygens (including phenoxy) is 2. The van der Waals surface area contributed by atoms with Crippen LogP contribution in [0.5, 0.6) is 11.5 Å². The van der Waals surface area contributed by atoms with Crippen LogP contribution in [-0.4, -0.2) is 64.2 Å². The van der Waals surface area contributed by atoms with E-state index in [0.717, 1.165) is 56.1 Å². The van der Waals surface area contributed by atoms with Crippen LogP contribution in [0.15, 0.2) is 23.2 Å². The first kappa shape index (κ1) is 23.8. The van der Waals surface area contributed by atoms with Crippen LogP contribution in [0.1, 0.15) is 45.1 Å². The van der Waals surface area contributed by atoms with E-state index in [0.29, 0.717) is 19.8 Å². The summed E-state index contributed by atoms with van der Waals surface area (Å²) >= 11 is 0. The van der Waals surface area contributed by atoms with Gasteiger partial charge in [-0.3, -0.25) is 9.79 Å². The molecule has 0 aliphatic heterocycles. The molecule has 0 spiro atoms. The molecule has 1 amide bonds. The third-order valence-corrected chi connectivity index (χ3v) is 5.55. The van der Waals surface area contributed by atoms with Crippen molar-refractivity contribution in [2.45, 2.75) is 46.0 Å². The van der Waals surface area contributed by atoms with Gasteiger partial charge in [-0.2, -0.15) is 0 Å². The fourth-order valence-electron chi connectivity index (χ4n) is 4.04. The fraction of sp³-hybridized carbons (Fsp3) is 0.652. The normalized spacial score (nSPS) is 15.6. The van der Waals surface area contributed by atoms with Gasteiger partial charge in [0.05, 0.1) is 18.6 Å². The number of hydrogen-bond donors (Lipinski definition) is 2. The van der Waals surface area contributed by atoms with E-state index in [-0.39, 0.29) is 11.3 Å². The van der Waals surface area contributed by atoms with Crippen LogP contribution >= 0.6 is 0 Å². The molecule has 2 N–H and O–H groups in total. The van der Waals surface area contributed by atoms with Gasteiger partial charge < -0.3 is 25.0 Å². The molecular formula is C23H38N4O3. The van der Waals surface area contributed by atoms with Gasteiger partial charge in [0.2, 0.25) is 5.91 Å². The maximum absolute atomic E-state index is 12.7. The minimum absolute atomic E-state index is 0.209. The van der Waals surface area contributed by atoms with Gasteiger partial charge in [-0.25, -0.2) is 0 Å². The van der Waals surface area contributed by atoms with Crippen molar-refractivity contribution in [2.24, 2.45) is 10.4 Å². The highest BCUT2D eigenvalue weighted by Gasteiger charge is 2.42. The predicted octanol–water partition coefficient (Wildman–Crippen LogP) is 2.84. The molecule has 1 aliphatic rings. The second kappa shape index (κ2) is 11.7. The lowest BCUT2D eigenvalue weighted by Crippen LogP contribution is -2.49. The summed E-state index contributed by atoms with van der Waals surface area (Å²) in [6.07, 6.45) is 4.90. The summed E-state index contributed by atoms with van der Waals surface area (Å²) in [5, 5.41) is 6.74. The molecule has 0 heterocycles. The molecule has 1 aromatic rings. The summed E-state index contributed by atoms with van der Waals surface area (Å²) in [4.78, 5) is 18.8. The molecule has 0 saturated heterocycles. The quantitative estimate of drug-likeness (QED) is 0.451. The lowest BCUT2D eigenvalue weighted by Gasteiger charge is -2.31. The van der Waals surface area contributed by atoms with E-state index in [9.17, 15) is 4.79 Å². The van der Waals surface area contributed by atoms with Crippen molar-refractivity contribution in [3.05, 3.63) is 23.8 Å². The van der Waals surface area contributed by atoms with Gasteiger partial charge in [0.15, 0.2) is 17.5 Å². The molecule has 1 saturated carbocycles. The highest BCUT2D eigenvalue weighted by molar-refractivity contribution is 5.85. The zero-order chi connectivity index (χ0) is 22.0. The molecule has 0 radical (unpaired) electrons. The van der Waals surface area contributed by atoms with E-state index in [1.54, 1.807) is 11.9 Å². The maximum Gasteiger partial charge on any atom is 0.230 e. The van der Waals surface area contributed by atoms with Gasteiger partial charge in [0.1, 0.15) is 0 Å². The van der Waals surface area contributed by atoms with Crippen LogP contribution < -0.4 is 20.1 Å². The number of carbonyl (C=O) groups is 1. The summed E-state index contributed by atoms with van der Waals surface area (Å²) in [7, 11) is 5.43. The Hall–Kier alpha value is -2.44. The summed E-state index contributed by atoms with van der Waals surface area (Å²) in [6.45, 7) is 6.49. The first-order valence-electron chi connectivity index (χ1n) is 11.0. The van der Waals surface area contributed by atoms with Crippen LogP contribution in [0.2, 0.25) is 0 Å². The molecule has 7 nitrogen and oxygen atoms in total. The summed E-state index contributed by atoms with van der Waals surface area (Å²) < 4.78 is 11.3. The average molecular weight is 419 g/mol. The van der Waals surface area contributed by atoms with Crippen molar-refractivity contribution in [2.75, 3.05) is 47.4 Å². The third kappa shape index (κ3) is 6.28. The SMILES string of the molecule is CCOc1ccc(CCNC(=NC)NCC2(C(=O)N(C)C)CCCC2)cc1OCC. The largest absolute Gasteiger partial charge is 0.490 e. The lowest BCUT2D eigenvalue weighted by atomic mass is 9.84. The number of nitrogens with zero attached hydrogens (tertiary/aromatic N) is 2. The van der Waals surface area contributed by atoms with Gasteiger partial charge in [0, 0.05) is 34.2 Å². The van der Waals surface area contributed by atoms with Crippen molar-refractivity contribution in [1.82, 2.24) is 15.5 Å². The minimum Gasteiger partial charge on any atom is -0.490 e. The predicted molar refractivity (Wildman–Crippen MR) is 121 cm³/mol. The van der Waals surface area contributed by atoms with Crippen LogP contribution in [0, 0.1) is 5.41 Å². The average Bonchev–Trinajstić information content (AvgIpc) is 3.22. The standard InChI is InChI=1S/C23H38N4O3/c1-6-29-19-11-10-18(16-20(19)30-7-2)12-15-25-22(24-3)26-17-23(13-8-9-14-23)21(28)27(4)5/h10-11,16H,6-9,12-15,17H2,1-5H3,(H2,24,25,26). The van der Waals surface area contributed by atoms with Crippen molar-refractivity contribution in [3.8, 4) is 11.5 Å². The van der Waals surface area contributed by atoms with Crippen molar-refractivity contribution in [3.63, 3.8) is 0 Å². The molecule has 1 fully saturated rings. The Morgan fingerprint density at radius 1 is 1.10 bits per heavy atom. The van der Waals surface area contributed by atoms with E-state index in [1.807, 2.05) is 40.1 Å². The Morgan fingerprint density at radius 2 is 1.77 bits per heavy atom. The second-order valence-corrected chi connectivity index (χ2v) is 7.94. The van der Waals surface area contributed by atoms with Crippen molar-refractivity contribution < 1.29 is 14.3 Å². The highest BCUT2D eigenvalue weighted by Crippen LogP contribution is 2.38. The number of nitrogens with one attached hydrogen (secondary N) is 2. The number of rotatable bonds is 10. The third-order valence-electron chi connectivity index (χ3n) is 5.55. The second-order valence-electron chi connectivity index (χ2n) is 7.94.